The van der Waals surface area contributed by atoms with E-state index in [1.54, 1.807) is 0 Å². The topological polar surface area (TPSA) is 127 Å². The van der Waals surface area contributed by atoms with Gasteiger partial charge in [-0.15, -0.1) is 0 Å². The second kappa shape index (κ2) is 53.1. The van der Waals surface area contributed by atoms with Crippen molar-refractivity contribution in [1.29, 1.82) is 0 Å². The van der Waals surface area contributed by atoms with Crippen LogP contribution in [0.3, 0.4) is 0 Å². The average molecular weight is 657 g/mol. The maximum absolute atomic E-state index is 9.00. The number of hydrogen-bond acceptors (Lipinski definition) is 4. The Labute approximate surface area is 288 Å². The van der Waals surface area contributed by atoms with E-state index in [0.717, 1.165) is 26.9 Å². The number of allylic oxidation sites excluding steroid dienone is 2. The highest BCUT2D eigenvalue weighted by Crippen LogP contribution is 2.14. The maximum Gasteiger partial charge on any atom is 0.300 e. The van der Waals surface area contributed by atoms with E-state index >= 15 is 0 Å². The van der Waals surface area contributed by atoms with Crippen molar-refractivity contribution in [3.05, 3.63) is 12.2 Å². The van der Waals surface area contributed by atoms with Crippen molar-refractivity contribution in [1.82, 2.24) is 0 Å². The molecule has 278 valence electrons. The molecule has 0 aliphatic carbocycles. The van der Waals surface area contributed by atoms with Crippen molar-refractivity contribution < 1.29 is 19.8 Å². The van der Waals surface area contributed by atoms with Gasteiger partial charge in [0.25, 0.3) is 11.9 Å². The first-order chi connectivity index (χ1) is 22.3. The largest absolute Gasteiger partial charge is 0.481 e. The van der Waals surface area contributed by atoms with Gasteiger partial charge in [-0.05, 0) is 51.6 Å². The zero-order chi connectivity index (χ0) is 35.2. The first-order valence-electron chi connectivity index (χ1n) is 19.7. The molecule has 0 rings (SSSR count). The summed E-state index contributed by atoms with van der Waals surface area (Å²) in [5.74, 6) is -1.67. The van der Waals surface area contributed by atoms with E-state index in [4.69, 9.17) is 31.3 Å². The molecule has 0 aromatic heterocycles. The number of carboxylic acids is 2. The summed E-state index contributed by atoms with van der Waals surface area (Å²) < 4.78 is 0. The molecule has 0 radical (unpaired) electrons. The minimum absolute atomic E-state index is 0.833. The van der Waals surface area contributed by atoms with Crippen molar-refractivity contribution in [2.24, 2.45) is 11.5 Å². The molecular weight excluding hydrogens is 572 g/mol. The number of rotatable bonds is 31. The van der Waals surface area contributed by atoms with Crippen LogP contribution in [-0.2, 0) is 9.59 Å². The number of unbranched alkanes of at least 4 members (excludes halogenated alkanes) is 27. The summed E-state index contributed by atoms with van der Waals surface area (Å²) in [6.07, 6.45) is 46.7. The van der Waals surface area contributed by atoms with Gasteiger partial charge in [0.05, 0.1) is 0 Å². The maximum atomic E-state index is 9.00. The number of carboxylic acid groups (broad SMARTS) is 2. The van der Waals surface area contributed by atoms with Crippen LogP contribution in [0.2, 0.25) is 0 Å². The monoisotopic (exact) mass is 657 g/mol. The van der Waals surface area contributed by atoms with Gasteiger partial charge in [-0.3, -0.25) is 9.59 Å². The van der Waals surface area contributed by atoms with Gasteiger partial charge in [-0.25, -0.2) is 0 Å². The highest BCUT2D eigenvalue weighted by atomic mass is 16.4. The Morgan fingerprint density at radius 1 is 0.391 bits per heavy atom. The van der Waals surface area contributed by atoms with Crippen LogP contribution < -0.4 is 11.5 Å². The zero-order valence-electron chi connectivity index (χ0n) is 31.6. The fraction of sp³-hybridized carbons (Fsp3) is 0.900. The quantitative estimate of drug-likeness (QED) is 0.0434. The molecule has 6 heteroatoms. The van der Waals surface area contributed by atoms with Crippen LogP contribution in [0.4, 0.5) is 0 Å². The molecule has 0 amide bonds. The Morgan fingerprint density at radius 2 is 0.565 bits per heavy atom. The molecule has 0 aromatic carbocycles. The van der Waals surface area contributed by atoms with Crippen molar-refractivity contribution in [2.75, 3.05) is 13.1 Å². The summed E-state index contributed by atoms with van der Waals surface area (Å²) in [4.78, 5) is 18.0. The molecule has 0 saturated heterocycles. The van der Waals surface area contributed by atoms with Crippen LogP contribution in [0.5, 0.6) is 0 Å². The highest BCUT2D eigenvalue weighted by Gasteiger charge is 1.94. The van der Waals surface area contributed by atoms with Crippen LogP contribution in [0.25, 0.3) is 0 Å². The van der Waals surface area contributed by atoms with Crippen LogP contribution in [0.1, 0.15) is 220 Å². The van der Waals surface area contributed by atoms with E-state index in [2.05, 4.69) is 26.0 Å². The highest BCUT2D eigenvalue weighted by molar-refractivity contribution is 5.63. The average Bonchev–Trinajstić information content (AvgIpc) is 3.01. The van der Waals surface area contributed by atoms with Gasteiger partial charge in [0, 0.05) is 13.8 Å². The second-order valence-electron chi connectivity index (χ2n) is 12.9. The molecule has 0 spiro atoms. The van der Waals surface area contributed by atoms with Crippen molar-refractivity contribution in [2.45, 2.75) is 220 Å². The zero-order valence-corrected chi connectivity index (χ0v) is 31.6. The number of carbonyl (C=O) groups is 2. The lowest BCUT2D eigenvalue weighted by Gasteiger charge is -2.03. The number of hydrogen-bond donors (Lipinski definition) is 4. The van der Waals surface area contributed by atoms with Crippen molar-refractivity contribution in [3.8, 4) is 0 Å². The van der Waals surface area contributed by atoms with Gasteiger partial charge in [0.2, 0.25) is 0 Å². The van der Waals surface area contributed by atoms with Gasteiger partial charge >= 0.3 is 0 Å². The van der Waals surface area contributed by atoms with Gasteiger partial charge in [-0.1, -0.05) is 180 Å². The van der Waals surface area contributed by atoms with Crippen LogP contribution >= 0.6 is 0 Å². The lowest BCUT2D eigenvalue weighted by molar-refractivity contribution is -0.135. The summed E-state index contributed by atoms with van der Waals surface area (Å²) in [7, 11) is 0. The molecule has 0 atom stereocenters. The summed E-state index contributed by atoms with van der Waals surface area (Å²) in [5, 5.41) is 14.8. The third-order valence-corrected chi connectivity index (χ3v) is 7.77. The van der Waals surface area contributed by atoms with Crippen LogP contribution in [-0.4, -0.2) is 35.2 Å². The second-order valence-corrected chi connectivity index (χ2v) is 12.9. The van der Waals surface area contributed by atoms with E-state index in [0.29, 0.717) is 0 Å². The van der Waals surface area contributed by atoms with E-state index in [1.807, 2.05) is 0 Å². The first kappa shape index (κ1) is 51.4. The van der Waals surface area contributed by atoms with Crippen molar-refractivity contribution >= 4 is 11.9 Å². The SMILES string of the molecule is CC(=O)O.CC(=O)O.CCCCCCCCC=CCCCCCCCCN.CCCCCCCCCCCCCCCCCCN. The number of nitrogens with two attached hydrogens (primary N) is 2. The van der Waals surface area contributed by atoms with Gasteiger partial charge in [-0.2, -0.15) is 0 Å². The Kier molecular flexibility index (Phi) is 59.4. The standard InChI is InChI=1S/C18H39N.C18H37N.2C2H4O2/c2*1-2-3-4-5-6-7-8-9-10-11-12-13-14-15-16-17-18-19;2*1-2(3)4/h2-19H2,1H3;9-10H,2-8,11-19H2,1H3;2*1H3,(H,3,4). The molecular formula is C40H84N2O4. The molecule has 6 N–H and O–H groups in total. The molecule has 0 heterocycles. The van der Waals surface area contributed by atoms with Gasteiger partial charge < -0.3 is 21.7 Å². The Hall–Kier alpha value is -1.40. The van der Waals surface area contributed by atoms with Crippen LogP contribution in [0.15, 0.2) is 12.2 Å². The van der Waals surface area contributed by atoms with Crippen molar-refractivity contribution in [3.63, 3.8) is 0 Å². The Balaban J connectivity index is -0.000000310. The fourth-order valence-corrected chi connectivity index (χ4v) is 5.08. The molecule has 0 aliphatic rings. The minimum Gasteiger partial charge on any atom is -0.481 e. The predicted molar refractivity (Wildman–Crippen MR) is 204 cm³/mol. The minimum atomic E-state index is -0.833. The van der Waals surface area contributed by atoms with E-state index in [9.17, 15) is 0 Å². The summed E-state index contributed by atoms with van der Waals surface area (Å²) in [6.45, 7) is 8.47. The van der Waals surface area contributed by atoms with E-state index in [1.165, 1.54) is 193 Å². The smallest absolute Gasteiger partial charge is 0.300 e. The third-order valence-electron chi connectivity index (χ3n) is 7.77. The molecule has 0 aliphatic heterocycles. The summed E-state index contributed by atoms with van der Waals surface area (Å²) >= 11 is 0. The van der Waals surface area contributed by atoms with E-state index < -0.39 is 11.9 Å². The molecule has 0 saturated carbocycles. The third kappa shape index (κ3) is 78.7. The number of aliphatic carboxylic acids is 2. The van der Waals surface area contributed by atoms with Crippen LogP contribution in [0, 0.1) is 0 Å². The van der Waals surface area contributed by atoms with Gasteiger partial charge in [0.15, 0.2) is 0 Å². The van der Waals surface area contributed by atoms with Gasteiger partial charge in [0.1, 0.15) is 0 Å². The summed E-state index contributed by atoms with van der Waals surface area (Å²) in [6, 6.07) is 0. The first-order valence-corrected chi connectivity index (χ1v) is 19.7. The molecule has 0 bridgehead atoms. The fourth-order valence-electron chi connectivity index (χ4n) is 5.08. The molecule has 0 aromatic rings. The lowest BCUT2D eigenvalue weighted by atomic mass is 10.0. The van der Waals surface area contributed by atoms with E-state index in [-0.39, 0.29) is 0 Å². The molecule has 0 unspecified atom stereocenters. The predicted octanol–water partition coefficient (Wildman–Crippen LogP) is 12.4. The molecule has 0 fully saturated rings. The lowest BCUT2D eigenvalue weighted by Crippen LogP contribution is -1.97. The Morgan fingerprint density at radius 3 is 0.761 bits per heavy atom. The molecule has 6 nitrogen and oxygen atoms in total. The molecule has 46 heavy (non-hydrogen) atoms. The Bertz CT molecular complexity index is 533. The summed E-state index contributed by atoms with van der Waals surface area (Å²) in [5.41, 5.74) is 11.0. The normalized spacial score (nSPS) is 10.4.